The molecule has 3 heteroatoms. The Kier molecular flexibility index (Phi) is 3.29. The topological polar surface area (TPSA) is 59.1 Å². The van der Waals surface area contributed by atoms with Crippen LogP contribution < -0.4 is 5.73 Å². The SMILES string of the molecule is C=CCC1(c2ccccc2)CC(CN)OC1=N. The molecule has 17 heavy (non-hydrogen) atoms. The van der Waals surface area contributed by atoms with E-state index in [2.05, 4.69) is 6.58 Å². The Balaban J connectivity index is 2.40. The molecule has 1 aromatic carbocycles. The fourth-order valence-electron chi connectivity index (χ4n) is 2.48. The fourth-order valence-corrected chi connectivity index (χ4v) is 2.48. The van der Waals surface area contributed by atoms with Crippen molar-refractivity contribution in [2.45, 2.75) is 24.4 Å². The van der Waals surface area contributed by atoms with Gasteiger partial charge in [-0.1, -0.05) is 36.4 Å². The monoisotopic (exact) mass is 230 g/mol. The Morgan fingerprint density at radius 2 is 2.18 bits per heavy atom. The van der Waals surface area contributed by atoms with Crippen molar-refractivity contribution in [1.29, 1.82) is 5.41 Å². The first-order valence-corrected chi connectivity index (χ1v) is 5.85. The molecule has 2 rings (SSSR count). The van der Waals surface area contributed by atoms with Gasteiger partial charge in [0.15, 0.2) is 5.90 Å². The highest BCUT2D eigenvalue weighted by Gasteiger charge is 2.46. The number of benzene rings is 1. The molecular weight excluding hydrogens is 212 g/mol. The lowest BCUT2D eigenvalue weighted by Crippen LogP contribution is -2.30. The molecule has 0 aliphatic carbocycles. The van der Waals surface area contributed by atoms with Gasteiger partial charge in [-0.15, -0.1) is 6.58 Å². The molecule has 0 aromatic heterocycles. The summed E-state index contributed by atoms with van der Waals surface area (Å²) in [5.74, 6) is 0.319. The van der Waals surface area contributed by atoms with E-state index in [1.54, 1.807) is 0 Å². The molecule has 0 amide bonds. The Hall–Kier alpha value is -1.61. The molecule has 1 fully saturated rings. The second kappa shape index (κ2) is 4.72. The van der Waals surface area contributed by atoms with E-state index in [-0.39, 0.29) is 11.5 Å². The highest BCUT2D eigenvalue weighted by molar-refractivity contribution is 5.88. The molecule has 0 spiro atoms. The molecule has 1 aliphatic rings. The summed E-state index contributed by atoms with van der Waals surface area (Å²) in [6.45, 7) is 4.25. The molecule has 3 nitrogen and oxygen atoms in total. The van der Waals surface area contributed by atoms with Crippen LogP contribution in [0.4, 0.5) is 0 Å². The Labute approximate surface area is 102 Å². The average molecular weight is 230 g/mol. The van der Waals surface area contributed by atoms with Crippen LogP contribution >= 0.6 is 0 Å². The molecule has 1 saturated heterocycles. The van der Waals surface area contributed by atoms with E-state index < -0.39 is 0 Å². The van der Waals surface area contributed by atoms with E-state index in [4.69, 9.17) is 15.9 Å². The minimum atomic E-state index is -0.368. The molecule has 2 atom stereocenters. The average Bonchev–Trinajstić information content (AvgIpc) is 2.69. The smallest absolute Gasteiger partial charge is 0.192 e. The number of nitrogens with two attached hydrogens (primary N) is 1. The summed E-state index contributed by atoms with van der Waals surface area (Å²) in [4.78, 5) is 0. The fraction of sp³-hybridized carbons (Fsp3) is 0.357. The predicted molar refractivity (Wildman–Crippen MR) is 69.2 cm³/mol. The molecule has 0 saturated carbocycles. The first-order chi connectivity index (χ1) is 8.23. The van der Waals surface area contributed by atoms with Crippen molar-refractivity contribution in [3.8, 4) is 0 Å². The van der Waals surface area contributed by atoms with Gasteiger partial charge in [-0.25, -0.2) is 0 Å². The van der Waals surface area contributed by atoms with Gasteiger partial charge in [-0.05, 0) is 12.0 Å². The Morgan fingerprint density at radius 3 is 2.71 bits per heavy atom. The maximum Gasteiger partial charge on any atom is 0.192 e. The first-order valence-electron chi connectivity index (χ1n) is 5.85. The van der Waals surface area contributed by atoms with Gasteiger partial charge in [0, 0.05) is 13.0 Å². The van der Waals surface area contributed by atoms with E-state index >= 15 is 0 Å². The maximum absolute atomic E-state index is 8.10. The summed E-state index contributed by atoms with van der Waals surface area (Å²) < 4.78 is 5.54. The highest BCUT2D eigenvalue weighted by Crippen LogP contribution is 2.40. The van der Waals surface area contributed by atoms with Gasteiger partial charge in [0.25, 0.3) is 0 Å². The summed E-state index contributed by atoms with van der Waals surface area (Å²) >= 11 is 0. The normalized spacial score (nSPS) is 27.8. The standard InChI is InChI=1S/C14H18N2O/c1-2-8-14(11-6-4-3-5-7-11)9-12(10-15)17-13(14)16/h2-7,12,16H,1,8-10,15H2. The zero-order chi connectivity index (χ0) is 12.3. The molecular formula is C14H18N2O. The lowest BCUT2D eigenvalue weighted by atomic mass is 9.75. The highest BCUT2D eigenvalue weighted by atomic mass is 16.5. The molecule has 1 aliphatic heterocycles. The second-order valence-electron chi connectivity index (χ2n) is 4.45. The van der Waals surface area contributed by atoms with Crippen LogP contribution in [0.5, 0.6) is 0 Å². The van der Waals surface area contributed by atoms with Crippen molar-refractivity contribution in [2.75, 3.05) is 6.54 Å². The van der Waals surface area contributed by atoms with E-state index in [1.807, 2.05) is 36.4 Å². The Morgan fingerprint density at radius 1 is 1.47 bits per heavy atom. The minimum Gasteiger partial charge on any atom is -0.476 e. The van der Waals surface area contributed by atoms with E-state index in [0.29, 0.717) is 18.9 Å². The lowest BCUT2D eigenvalue weighted by molar-refractivity contribution is 0.224. The predicted octanol–water partition coefficient (Wildman–Crippen LogP) is 2.23. The van der Waals surface area contributed by atoms with Crippen LogP contribution in [-0.2, 0) is 10.2 Å². The largest absolute Gasteiger partial charge is 0.476 e. The van der Waals surface area contributed by atoms with Crippen LogP contribution in [0.15, 0.2) is 43.0 Å². The zero-order valence-electron chi connectivity index (χ0n) is 9.86. The number of allylic oxidation sites excluding steroid dienone is 1. The molecule has 90 valence electrons. The second-order valence-corrected chi connectivity index (χ2v) is 4.45. The van der Waals surface area contributed by atoms with Gasteiger partial charge in [-0.3, -0.25) is 5.41 Å². The van der Waals surface area contributed by atoms with Crippen molar-refractivity contribution >= 4 is 5.90 Å². The van der Waals surface area contributed by atoms with E-state index in [0.717, 1.165) is 12.0 Å². The van der Waals surface area contributed by atoms with Crippen LogP contribution in [0.3, 0.4) is 0 Å². The molecule has 0 bridgehead atoms. The van der Waals surface area contributed by atoms with Gasteiger partial charge in [0.1, 0.15) is 6.10 Å². The molecule has 1 aromatic rings. The van der Waals surface area contributed by atoms with Gasteiger partial charge in [-0.2, -0.15) is 0 Å². The van der Waals surface area contributed by atoms with Crippen LogP contribution in [-0.4, -0.2) is 18.5 Å². The number of rotatable bonds is 4. The first kappa shape index (κ1) is 11.9. The quantitative estimate of drug-likeness (QED) is 0.779. The van der Waals surface area contributed by atoms with Crippen LogP contribution in [0, 0.1) is 5.41 Å². The van der Waals surface area contributed by atoms with E-state index in [9.17, 15) is 0 Å². The third kappa shape index (κ3) is 1.98. The Bertz CT molecular complexity index is 415. The van der Waals surface area contributed by atoms with Crippen LogP contribution in [0.1, 0.15) is 18.4 Å². The van der Waals surface area contributed by atoms with Crippen molar-refractivity contribution in [2.24, 2.45) is 5.73 Å². The third-order valence-corrected chi connectivity index (χ3v) is 3.38. The zero-order valence-corrected chi connectivity index (χ0v) is 9.86. The molecule has 0 radical (unpaired) electrons. The summed E-state index contributed by atoms with van der Waals surface area (Å²) in [6, 6.07) is 10.0. The van der Waals surface area contributed by atoms with Gasteiger partial charge < -0.3 is 10.5 Å². The minimum absolute atomic E-state index is 0.0531. The van der Waals surface area contributed by atoms with Crippen molar-refractivity contribution in [3.63, 3.8) is 0 Å². The van der Waals surface area contributed by atoms with Gasteiger partial charge in [0.2, 0.25) is 0 Å². The van der Waals surface area contributed by atoms with Crippen molar-refractivity contribution < 1.29 is 4.74 Å². The molecule has 3 N–H and O–H groups in total. The van der Waals surface area contributed by atoms with Gasteiger partial charge in [0.05, 0.1) is 5.41 Å². The maximum atomic E-state index is 8.10. The van der Waals surface area contributed by atoms with Gasteiger partial charge >= 0.3 is 0 Å². The summed E-state index contributed by atoms with van der Waals surface area (Å²) in [5, 5.41) is 8.10. The van der Waals surface area contributed by atoms with Crippen molar-refractivity contribution in [1.82, 2.24) is 0 Å². The van der Waals surface area contributed by atoms with E-state index in [1.165, 1.54) is 0 Å². The summed E-state index contributed by atoms with van der Waals surface area (Å²) in [6.07, 6.45) is 3.27. The van der Waals surface area contributed by atoms with Crippen LogP contribution in [0.2, 0.25) is 0 Å². The molecule has 1 heterocycles. The van der Waals surface area contributed by atoms with Crippen molar-refractivity contribution in [3.05, 3.63) is 48.6 Å². The number of hydrogen-bond donors (Lipinski definition) is 2. The lowest BCUT2D eigenvalue weighted by Gasteiger charge is -2.25. The molecule has 2 unspecified atom stereocenters. The number of nitrogens with one attached hydrogen (secondary N) is 1. The summed E-state index contributed by atoms with van der Waals surface area (Å²) in [5.41, 5.74) is 6.39. The third-order valence-electron chi connectivity index (χ3n) is 3.38. The number of hydrogen-bond acceptors (Lipinski definition) is 3. The summed E-state index contributed by atoms with van der Waals surface area (Å²) in [7, 11) is 0. The van der Waals surface area contributed by atoms with Crippen LogP contribution in [0.25, 0.3) is 0 Å². The number of ether oxygens (including phenoxy) is 1.